The molecule has 0 aliphatic rings. The van der Waals surface area contributed by atoms with Crippen LogP contribution in [0.4, 0.5) is 30.5 Å². The molecule has 0 fully saturated rings. The number of anilines is 3. The van der Waals surface area contributed by atoms with Crippen LogP contribution in [0, 0.1) is 12.7 Å². The molecule has 29 heavy (non-hydrogen) atoms. The van der Waals surface area contributed by atoms with Gasteiger partial charge in [-0.3, -0.25) is 4.79 Å². The van der Waals surface area contributed by atoms with Crippen LogP contribution >= 0.6 is 0 Å². The predicted octanol–water partition coefficient (Wildman–Crippen LogP) is 4.19. The van der Waals surface area contributed by atoms with E-state index in [1.807, 2.05) is 0 Å². The van der Waals surface area contributed by atoms with E-state index < -0.39 is 17.4 Å². The van der Waals surface area contributed by atoms with Gasteiger partial charge in [-0.05, 0) is 24.6 Å². The molecule has 1 amide bonds. The third-order valence-corrected chi connectivity index (χ3v) is 3.75. The van der Waals surface area contributed by atoms with Gasteiger partial charge in [-0.15, -0.1) is 0 Å². The molecule has 150 valence electrons. The molecule has 0 unspecified atom stereocenters. The number of pyridine rings is 2. The zero-order valence-electron chi connectivity index (χ0n) is 15.8. The maximum absolute atomic E-state index is 13.7. The lowest BCUT2D eigenvalue weighted by Crippen LogP contribution is -2.12. The number of hydrogen-bond acceptors (Lipinski definition) is 6. The second kappa shape index (κ2) is 7.82. The molecular weight excluding hydrogens is 385 g/mol. The summed E-state index contributed by atoms with van der Waals surface area (Å²) < 4.78 is 40.7. The predicted molar refractivity (Wildman–Crippen MR) is 101 cm³/mol. The summed E-state index contributed by atoms with van der Waals surface area (Å²) in [4.78, 5) is 27.3. The second-order valence-electron chi connectivity index (χ2n) is 6.45. The van der Waals surface area contributed by atoms with Gasteiger partial charge in [0, 0.05) is 26.1 Å². The fourth-order valence-corrected chi connectivity index (χ4v) is 2.53. The van der Waals surface area contributed by atoms with Crippen LogP contribution in [0.2, 0.25) is 0 Å². The average Bonchev–Trinajstić information content (AvgIpc) is 2.61. The van der Waals surface area contributed by atoms with E-state index in [4.69, 9.17) is 0 Å². The molecule has 0 spiro atoms. The zero-order chi connectivity index (χ0) is 21.2. The monoisotopic (exact) mass is 402 g/mol. The normalized spacial score (nSPS) is 11.2. The number of aromatic nitrogens is 4. The summed E-state index contributed by atoms with van der Waals surface area (Å²) in [5.41, 5.74) is 0.900. The van der Waals surface area contributed by atoms with Crippen LogP contribution in [-0.2, 0) is 10.7 Å². The molecule has 3 aromatic rings. The van der Waals surface area contributed by atoms with Crippen molar-refractivity contribution >= 4 is 23.2 Å². The Bertz CT molecular complexity index is 1050. The first kappa shape index (κ1) is 20.2. The topological polar surface area (TPSA) is 92.7 Å². The first-order valence-corrected chi connectivity index (χ1v) is 8.51. The Kier molecular flexibility index (Phi) is 5.44. The molecule has 10 heteroatoms. The highest BCUT2D eigenvalue weighted by molar-refractivity contribution is 5.89. The number of alkyl halides is 2. The highest BCUT2D eigenvalue weighted by atomic mass is 19.3. The number of carbonyl (C=O) groups excluding carboxylic acids is 1. The van der Waals surface area contributed by atoms with Crippen LogP contribution < -0.4 is 10.6 Å². The minimum Gasteiger partial charge on any atom is -0.339 e. The van der Waals surface area contributed by atoms with Gasteiger partial charge in [0.25, 0.3) is 5.92 Å². The molecule has 0 saturated carbocycles. The Balaban J connectivity index is 2.07. The number of nitrogens with one attached hydrogen (secondary N) is 2. The van der Waals surface area contributed by atoms with Crippen molar-refractivity contribution in [2.75, 3.05) is 10.6 Å². The van der Waals surface area contributed by atoms with Crippen molar-refractivity contribution in [1.29, 1.82) is 0 Å². The van der Waals surface area contributed by atoms with Gasteiger partial charge < -0.3 is 10.6 Å². The van der Waals surface area contributed by atoms with Gasteiger partial charge in [-0.1, -0.05) is 0 Å². The number of nitrogens with zero attached hydrogens (tertiary/aromatic N) is 4. The summed E-state index contributed by atoms with van der Waals surface area (Å²) in [6, 6.07) is 4.37. The van der Waals surface area contributed by atoms with Crippen LogP contribution in [0.15, 0.2) is 36.8 Å². The van der Waals surface area contributed by atoms with Gasteiger partial charge in [-0.2, -0.15) is 8.78 Å². The van der Waals surface area contributed by atoms with Crippen molar-refractivity contribution in [3.05, 3.63) is 53.9 Å². The third-order valence-electron chi connectivity index (χ3n) is 3.75. The van der Waals surface area contributed by atoms with E-state index >= 15 is 0 Å². The van der Waals surface area contributed by atoms with E-state index in [0.717, 1.165) is 19.3 Å². The van der Waals surface area contributed by atoms with Crippen molar-refractivity contribution in [3.8, 4) is 11.4 Å². The van der Waals surface area contributed by atoms with Gasteiger partial charge >= 0.3 is 0 Å². The number of rotatable bonds is 5. The lowest BCUT2D eigenvalue weighted by atomic mass is 10.1. The summed E-state index contributed by atoms with van der Waals surface area (Å²) in [7, 11) is 0. The third kappa shape index (κ3) is 5.03. The Morgan fingerprint density at radius 1 is 1.03 bits per heavy atom. The molecule has 0 bridgehead atoms. The van der Waals surface area contributed by atoms with Crippen LogP contribution in [-0.4, -0.2) is 25.8 Å². The average molecular weight is 402 g/mol. The molecule has 0 radical (unpaired) electrons. The van der Waals surface area contributed by atoms with E-state index in [1.165, 1.54) is 25.3 Å². The molecule has 7 nitrogen and oxygen atoms in total. The van der Waals surface area contributed by atoms with Crippen molar-refractivity contribution in [3.63, 3.8) is 0 Å². The Morgan fingerprint density at radius 2 is 1.72 bits per heavy atom. The Labute approximate surface area is 164 Å². The molecular formula is C19H17F3N6O. The van der Waals surface area contributed by atoms with E-state index in [9.17, 15) is 18.0 Å². The number of amides is 1. The Hall–Kier alpha value is -3.56. The van der Waals surface area contributed by atoms with E-state index in [0.29, 0.717) is 16.8 Å². The summed E-state index contributed by atoms with van der Waals surface area (Å²) in [6.07, 6.45) is 3.37. The van der Waals surface area contributed by atoms with Gasteiger partial charge in [0.1, 0.15) is 17.3 Å². The van der Waals surface area contributed by atoms with Crippen LogP contribution in [0.25, 0.3) is 11.4 Å². The number of halogens is 3. The SMILES string of the molecule is CC(=O)Nc1cc(Nc2cc(C)cc(C(C)(F)F)n2)c(-c2ncc(F)cn2)cn1. The van der Waals surface area contributed by atoms with E-state index in [1.54, 1.807) is 13.0 Å². The number of hydrogen-bond donors (Lipinski definition) is 2. The van der Waals surface area contributed by atoms with Crippen LogP contribution in [0.5, 0.6) is 0 Å². The first-order valence-electron chi connectivity index (χ1n) is 8.51. The molecule has 0 saturated heterocycles. The van der Waals surface area contributed by atoms with Crippen LogP contribution in [0.3, 0.4) is 0 Å². The zero-order valence-corrected chi connectivity index (χ0v) is 15.8. The maximum Gasteiger partial charge on any atom is 0.287 e. The molecule has 0 aliphatic carbocycles. The summed E-state index contributed by atoms with van der Waals surface area (Å²) in [5.74, 6) is -3.53. The van der Waals surface area contributed by atoms with Crippen molar-refractivity contribution in [2.45, 2.75) is 26.7 Å². The largest absolute Gasteiger partial charge is 0.339 e. The lowest BCUT2D eigenvalue weighted by molar-refractivity contribution is -0.114. The minimum absolute atomic E-state index is 0.157. The summed E-state index contributed by atoms with van der Waals surface area (Å²) in [5, 5.41) is 5.48. The molecule has 3 heterocycles. The molecule has 0 aromatic carbocycles. The quantitative estimate of drug-likeness (QED) is 0.665. The van der Waals surface area contributed by atoms with Gasteiger partial charge in [0.2, 0.25) is 5.91 Å². The number of carbonyl (C=O) groups is 1. The lowest BCUT2D eigenvalue weighted by Gasteiger charge is -2.15. The second-order valence-corrected chi connectivity index (χ2v) is 6.45. The molecule has 2 N–H and O–H groups in total. The summed E-state index contributed by atoms with van der Waals surface area (Å²) in [6.45, 7) is 3.75. The van der Waals surface area contributed by atoms with E-state index in [2.05, 4.69) is 30.6 Å². The standard InChI is InChI=1S/C19H17F3N6O/c1-10-4-15(19(3,21)22)28-17(5-10)27-14-6-16(26-11(2)29)23-9-13(14)18-24-7-12(20)8-25-18/h4-9H,1-3H3,(H2,23,26,27,28,29). The maximum atomic E-state index is 13.7. The highest BCUT2D eigenvalue weighted by Gasteiger charge is 2.27. The van der Waals surface area contributed by atoms with Crippen molar-refractivity contribution < 1.29 is 18.0 Å². The smallest absolute Gasteiger partial charge is 0.287 e. The van der Waals surface area contributed by atoms with Crippen LogP contribution in [0.1, 0.15) is 25.1 Å². The molecule has 3 aromatic heterocycles. The molecule has 0 atom stereocenters. The number of aryl methyl sites for hydroxylation is 1. The minimum atomic E-state index is -3.12. The van der Waals surface area contributed by atoms with Gasteiger partial charge in [0.15, 0.2) is 11.6 Å². The summed E-state index contributed by atoms with van der Waals surface area (Å²) >= 11 is 0. The first-order chi connectivity index (χ1) is 13.6. The van der Waals surface area contributed by atoms with Crippen molar-refractivity contribution in [1.82, 2.24) is 19.9 Å². The highest BCUT2D eigenvalue weighted by Crippen LogP contribution is 2.31. The fraction of sp³-hybridized carbons (Fsp3) is 0.211. The van der Waals surface area contributed by atoms with Gasteiger partial charge in [0.05, 0.1) is 23.6 Å². The Morgan fingerprint density at radius 3 is 2.34 bits per heavy atom. The molecule has 0 aliphatic heterocycles. The fourth-order valence-electron chi connectivity index (χ4n) is 2.53. The molecule has 3 rings (SSSR count). The van der Waals surface area contributed by atoms with E-state index in [-0.39, 0.29) is 23.4 Å². The van der Waals surface area contributed by atoms with Crippen molar-refractivity contribution in [2.24, 2.45) is 0 Å². The van der Waals surface area contributed by atoms with Gasteiger partial charge in [-0.25, -0.2) is 24.3 Å².